The number of carbonyl (C=O) groups is 1. The van der Waals surface area contributed by atoms with Gasteiger partial charge in [-0.1, -0.05) is 0 Å². The Balaban J connectivity index is -0.00000000750. The van der Waals surface area contributed by atoms with E-state index in [2.05, 4.69) is 11.5 Å². The van der Waals surface area contributed by atoms with E-state index in [9.17, 15) is 0 Å². The fraction of sp³-hybridized carbons (Fsp3) is 0. The normalized spacial score (nSPS) is 3.00. The van der Waals surface area contributed by atoms with Crippen molar-refractivity contribution in [2.24, 2.45) is 11.5 Å². The minimum absolute atomic E-state index is 0. The summed E-state index contributed by atoms with van der Waals surface area (Å²) in [6.45, 7) is 0. The van der Waals surface area contributed by atoms with Crippen molar-refractivity contribution < 1.29 is 35.1 Å². The third-order valence-electron chi connectivity index (χ3n) is 0. The molecule has 0 heterocycles. The van der Waals surface area contributed by atoms with E-state index < -0.39 is 6.03 Å². The summed E-state index contributed by atoms with van der Waals surface area (Å²) >= 11 is 0. The van der Waals surface area contributed by atoms with Gasteiger partial charge >= 0.3 is 29.1 Å². The monoisotopic (exact) mass is 172 g/mol. The molecule has 0 aliphatic rings. The molecule has 0 unspecified atom stereocenters. The predicted molar refractivity (Wildman–Crippen MR) is 23.1 cm³/mol. The third-order valence-corrected chi connectivity index (χ3v) is 0. The first-order valence-corrected chi connectivity index (χ1v) is 0.781. The molecule has 2 amide bonds. The second-order valence-electron chi connectivity index (χ2n) is 0.402. The molecule has 7 heteroatoms. The van der Waals surface area contributed by atoms with Crippen molar-refractivity contribution in [3.8, 4) is 0 Å². The number of amides is 2. The average molecular weight is 173 g/mol. The molecule has 0 saturated heterocycles. The van der Waals surface area contributed by atoms with Gasteiger partial charge in [0.2, 0.25) is 0 Å². The third kappa shape index (κ3) is 616. The van der Waals surface area contributed by atoms with Crippen molar-refractivity contribution in [3.63, 3.8) is 0 Å². The van der Waals surface area contributed by atoms with Crippen LogP contribution in [0.25, 0.3) is 0 Å². The maximum absolute atomic E-state index is 9.00. The first kappa shape index (κ1) is 38.5. The minimum atomic E-state index is -0.833. The van der Waals surface area contributed by atoms with E-state index in [1.165, 1.54) is 0 Å². The Bertz CT molecular complexity index is 41.0. The van der Waals surface area contributed by atoms with Crippen molar-refractivity contribution in [1.29, 1.82) is 0 Å². The fourth-order valence-corrected chi connectivity index (χ4v) is 0. The van der Waals surface area contributed by atoms with Crippen LogP contribution in [0.5, 0.6) is 0 Å². The Hall–Kier alpha value is 0.576. The number of hydrogen-bond donors (Lipinski definition) is 2. The number of halogens is 2. The first-order valence-electron chi connectivity index (χ1n) is 0.781. The zero-order valence-electron chi connectivity index (χ0n) is 4.03. The standard InChI is InChI=1S/CH4N2O.2ClH.Mg.H2O/c2-1(3)4;;;;/h(H4,2,3,4);2*1H;;1H2/q;;;+2;/p-2. The first-order chi connectivity index (χ1) is 1.73. The molecule has 48 valence electrons. The maximum Gasteiger partial charge on any atom is 2.00 e. The molecule has 4 nitrogen and oxygen atoms in total. The van der Waals surface area contributed by atoms with Crippen molar-refractivity contribution in [1.82, 2.24) is 0 Å². The van der Waals surface area contributed by atoms with Crippen molar-refractivity contribution >= 4 is 29.1 Å². The fourth-order valence-electron chi connectivity index (χ4n) is 0. The van der Waals surface area contributed by atoms with Gasteiger partial charge < -0.3 is 41.8 Å². The number of primary amides is 2. The number of carbonyl (C=O) groups excluding carboxylic acids is 1. The second-order valence-corrected chi connectivity index (χ2v) is 0.402. The van der Waals surface area contributed by atoms with Crippen LogP contribution >= 0.6 is 0 Å². The molecule has 0 aromatic carbocycles. The van der Waals surface area contributed by atoms with Crippen LogP contribution in [0.1, 0.15) is 0 Å². The van der Waals surface area contributed by atoms with Gasteiger partial charge in [-0.25, -0.2) is 4.79 Å². The van der Waals surface area contributed by atoms with Crippen LogP contribution in [0.15, 0.2) is 0 Å². The smallest absolute Gasteiger partial charge is 1.00 e. The van der Waals surface area contributed by atoms with Gasteiger partial charge in [-0.15, -0.1) is 0 Å². The molecule has 0 fully saturated rings. The largest absolute Gasteiger partial charge is 2.00 e. The summed E-state index contributed by atoms with van der Waals surface area (Å²) in [4.78, 5) is 9.00. The van der Waals surface area contributed by atoms with Crippen LogP contribution in [0.3, 0.4) is 0 Å². The summed E-state index contributed by atoms with van der Waals surface area (Å²) in [7, 11) is 0. The van der Waals surface area contributed by atoms with Gasteiger partial charge in [0.1, 0.15) is 0 Å². The number of hydrogen-bond acceptors (Lipinski definition) is 1. The maximum atomic E-state index is 9.00. The molecule has 0 aliphatic heterocycles. The van der Waals surface area contributed by atoms with E-state index in [1.807, 2.05) is 0 Å². The predicted octanol–water partition coefficient (Wildman–Crippen LogP) is -8.17. The Labute approximate surface area is 75.6 Å². The van der Waals surface area contributed by atoms with Crippen LogP contribution in [0.2, 0.25) is 0 Å². The van der Waals surface area contributed by atoms with E-state index in [-0.39, 0.29) is 53.3 Å². The van der Waals surface area contributed by atoms with Crippen molar-refractivity contribution in [2.45, 2.75) is 0 Å². The zero-order chi connectivity index (χ0) is 3.58. The summed E-state index contributed by atoms with van der Waals surface area (Å²) in [6.07, 6.45) is 0. The Kier molecular flexibility index (Phi) is 123. The van der Waals surface area contributed by atoms with Gasteiger partial charge in [0.15, 0.2) is 0 Å². The van der Waals surface area contributed by atoms with Crippen LogP contribution in [0.4, 0.5) is 4.79 Å². The van der Waals surface area contributed by atoms with Gasteiger partial charge in [0.05, 0.1) is 0 Å². The van der Waals surface area contributed by atoms with Gasteiger partial charge in [-0.05, 0) is 0 Å². The molecule has 0 atom stereocenters. The molecule has 0 radical (unpaired) electrons. The SMILES string of the molecule is NC(N)=O.O.[Cl-].[Cl-].[Mg+2]. The number of nitrogens with two attached hydrogens (primary N) is 2. The van der Waals surface area contributed by atoms with E-state index in [0.29, 0.717) is 0 Å². The van der Waals surface area contributed by atoms with Crippen LogP contribution < -0.4 is 36.3 Å². The molecular formula is CH6Cl2MgN2O2. The van der Waals surface area contributed by atoms with Crippen molar-refractivity contribution in [3.05, 3.63) is 0 Å². The van der Waals surface area contributed by atoms with Gasteiger partial charge in [-0.2, -0.15) is 0 Å². The van der Waals surface area contributed by atoms with Gasteiger partial charge in [-0.3, -0.25) is 0 Å². The van der Waals surface area contributed by atoms with Crippen LogP contribution in [0, 0.1) is 0 Å². The van der Waals surface area contributed by atoms with Gasteiger partial charge in [0, 0.05) is 0 Å². The van der Waals surface area contributed by atoms with E-state index >= 15 is 0 Å². The van der Waals surface area contributed by atoms with E-state index in [1.54, 1.807) is 0 Å². The molecule has 0 bridgehead atoms. The minimum Gasteiger partial charge on any atom is -1.00 e. The molecular weight excluding hydrogens is 167 g/mol. The quantitative estimate of drug-likeness (QED) is 0.349. The molecule has 0 spiro atoms. The Morgan fingerprint density at radius 1 is 1.12 bits per heavy atom. The molecule has 0 aliphatic carbocycles. The number of urea groups is 1. The molecule has 8 heavy (non-hydrogen) atoms. The summed E-state index contributed by atoms with van der Waals surface area (Å²) < 4.78 is 0. The van der Waals surface area contributed by atoms with Crippen LogP contribution in [-0.2, 0) is 0 Å². The summed E-state index contributed by atoms with van der Waals surface area (Å²) in [6, 6.07) is -0.833. The van der Waals surface area contributed by atoms with E-state index in [4.69, 9.17) is 4.79 Å². The number of rotatable bonds is 0. The summed E-state index contributed by atoms with van der Waals surface area (Å²) in [5.74, 6) is 0. The molecule has 6 N–H and O–H groups in total. The average Bonchev–Trinajstić information content (AvgIpc) is 0.811. The molecule has 0 rings (SSSR count). The zero-order valence-corrected chi connectivity index (χ0v) is 6.95. The van der Waals surface area contributed by atoms with Crippen molar-refractivity contribution in [2.75, 3.05) is 0 Å². The molecule has 0 aromatic rings. The second kappa shape index (κ2) is 25.6. The Morgan fingerprint density at radius 3 is 1.12 bits per heavy atom. The summed E-state index contributed by atoms with van der Waals surface area (Å²) in [5.41, 5.74) is 8.50. The molecule has 0 saturated carbocycles. The van der Waals surface area contributed by atoms with Gasteiger partial charge in [0.25, 0.3) is 0 Å². The van der Waals surface area contributed by atoms with E-state index in [0.717, 1.165) is 0 Å². The topological polar surface area (TPSA) is 101 Å². The summed E-state index contributed by atoms with van der Waals surface area (Å²) in [5, 5.41) is 0. The Morgan fingerprint density at radius 2 is 1.12 bits per heavy atom. The molecule has 0 aromatic heterocycles. The van der Waals surface area contributed by atoms with Crippen LogP contribution in [-0.4, -0.2) is 34.6 Å².